The fourth-order valence-electron chi connectivity index (χ4n) is 2.24. The molecule has 1 aliphatic rings. The van der Waals surface area contributed by atoms with E-state index in [1.54, 1.807) is 0 Å². The summed E-state index contributed by atoms with van der Waals surface area (Å²) < 4.78 is 24.3. The second-order valence-electron chi connectivity index (χ2n) is 4.51. The van der Waals surface area contributed by atoms with E-state index in [0.29, 0.717) is 17.8 Å². The fourth-order valence-corrected chi connectivity index (χ4v) is 3.94. The molecule has 6 heteroatoms. The molecular formula is C11H24N2O2S2. The van der Waals surface area contributed by atoms with Crippen LogP contribution in [-0.4, -0.2) is 44.8 Å². The van der Waals surface area contributed by atoms with Crippen molar-refractivity contribution >= 4 is 21.8 Å². The Bertz CT molecular complexity index is 305. The van der Waals surface area contributed by atoms with Gasteiger partial charge < -0.3 is 5.32 Å². The van der Waals surface area contributed by atoms with Crippen molar-refractivity contribution in [3.63, 3.8) is 0 Å². The van der Waals surface area contributed by atoms with E-state index < -0.39 is 10.0 Å². The van der Waals surface area contributed by atoms with E-state index in [1.165, 1.54) is 31.9 Å². The number of rotatable bonds is 7. The molecule has 1 aliphatic carbocycles. The Morgan fingerprint density at radius 1 is 1.24 bits per heavy atom. The maximum atomic E-state index is 10.9. The Hall–Kier alpha value is 0.220. The van der Waals surface area contributed by atoms with Crippen molar-refractivity contribution in [2.75, 3.05) is 25.1 Å². The van der Waals surface area contributed by atoms with Gasteiger partial charge in [0.2, 0.25) is 10.0 Å². The Morgan fingerprint density at radius 3 is 2.59 bits per heavy atom. The van der Waals surface area contributed by atoms with Crippen LogP contribution in [0, 0.1) is 0 Å². The molecule has 0 aliphatic heterocycles. The van der Waals surface area contributed by atoms with E-state index in [9.17, 15) is 8.42 Å². The maximum Gasteiger partial charge on any atom is 0.208 e. The third-order valence-electron chi connectivity index (χ3n) is 2.98. The molecule has 2 N–H and O–H groups in total. The van der Waals surface area contributed by atoms with Crippen LogP contribution in [0.4, 0.5) is 0 Å². The van der Waals surface area contributed by atoms with Crippen molar-refractivity contribution < 1.29 is 8.42 Å². The van der Waals surface area contributed by atoms with E-state index in [1.807, 2.05) is 11.8 Å². The molecule has 0 heterocycles. The van der Waals surface area contributed by atoms with Gasteiger partial charge in [0, 0.05) is 24.4 Å². The molecule has 0 amide bonds. The van der Waals surface area contributed by atoms with Gasteiger partial charge in [-0.05, 0) is 18.6 Å². The quantitative estimate of drug-likeness (QED) is 0.688. The van der Waals surface area contributed by atoms with Gasteiger partial charge >= 0.3 is 0 Å². The van der Waals surface area contributed by atoms with Crippen molar-refractivity contribution in [1.82, 2.24) is 10.0 Å². The van der Waals surface area contributed by atoms with Gasteiger partial charge in [0.15, 0.2) is 0 Å². The highest BCUT2D eigenvalue weighted by molar-refractivity contribution is 7.99. The van der Waals surface area contributed by atoms with Crippen molar-refractivity contribution in [1.29, 1.82) is 0 Å². The molecule has 1 saturated carbocycles. The number of sulfonamides is 1. The van der Waals surface area contributed by atoms with Crippen LogP contribution < -0.4 is 10.0 Å². The summed E-state index contributed by atoms with van der Waals surface area (Å²) in [6.07, 6.45) is 6.32. The predicted molar refractivity (Wildman–Crippen MR) is 75.0 cm³/mol. The van der Waals surface area contributed by atoms with Crippen LogP contribution in [0.1, 0.15) is 32.6 Å². The first-order valence-corrected chi connectivity index (χ1v) is 9.26. The molecule has 2 atom stereocenters. The minimum absolute atomic E-state index is 0.485. The van der Waals surface area contributed by atoms with Gasteiger partial charge in [-0.25, -0.2) is 13.1 Å². The zero-order chi connectivity index (χ0) is 12.7. The van der Waals surface area contributed by atoms with Gasteiger partial charge in [-0.3, -0.25) is 0 Å². The van der Waals surface area contributed by atoms with Gasteiger partial charge in [0.05, 0.1) is 6.26 Å². The van der Waals surface area contributed by atoms with Crippen molar-refractivity contribution in [3.8, 4) is 0 Å². The van der Waals surface area contributed by atoms with Gasteiger partial charge in [-0.15, -0.1) is 0 Å². The lowest BCUT2D eigenvalue weighted by molar-refractivity contribution is 0.386. The lowest BCUT2D eigenvalue weighted by Gasteiger charge is -2.31. The first-order chi connectivity index (χ1) is 8.03. The van der Waals surface area contributed by atoms with Gasteiger partial charge in [-0.2, -0.15) is 11.8 Å². The zero-order valence-electron chi connectivity index (χ0n) is 10.7. The normalized spacial score (nSPS) is 26.0. The van der Waals surface area contributed by atoms with E-state index in [-0.39, 0.29) is 0 Å². The molecule has 0 bridgehead atoms. The van der Waals surface area contributed by atoms with E-state index in [0.717, 1.165) is 12.3 Å². The van der Waals surface area contributed by atoms with Crippen LogP contribution >= 0.6 is 11.8 Å². The molecule has 0 unspecified atom stereocenters. The molecular weight excluding hydrogens is 256 g/mol. The average Bonchev–Trinajstić information content (AvgIpc) is 2.25. The third-order valence-corrected chi connectivity index (χ3v) is 5.03. The molecule has 0 spiro atoms. The van der Waals surface area contributed by atoms with Gasteiger partial charge in [0.25, 0.3) is 0 Å². The van der Waals surface area contributed by atoms with E-state index in [2.05, 4.69) is 17.0 Å². The molecule has 4 nitrogen and oxygen atoms in total. The third kappa shape index (κ3) is 6.64. The summed E-state index contributed by atoms with van der Waals surface area (Å²) in [5.41, 5.74) is 0. The lowest BCUT2D eigenvalue weighted by atomic mass is 9.95. The highest BCUT2D eigenvalue weighted by Gasteiger charge is 2.24. The summed E-state index contributed by atoms with van der Waals surface area (Å²) in [6, 6.07) is 0.551. The second-order valence-corrected chi connectivity index (χ2v) is 7.85. The summed E-state index contributed by atoms with van der Waals surface area (Å²) in [5, 5.41) is 4.18. The lowest BCUT2D eigenvalue weighted by Crippen LogP contribution is -2.43. The zero-order valence-corrected chi connectivity index (χ0v) is 12.4. The summed E-state index contributed by atoms with van der Waals surface area (Å²) in [4.78, 5) is 0. The molecule has 0 saturated heterocycles. The molecule has 0 radical (unpaired) electrons. The highest BCUT2D eigenvalue weighted by atomic mass is 32.2. The van der Waals surface area contributed by atoms with Crippen LogP contribution in [0.2, 0.25) is 0 Å². The van der Waals surface area contributed by atoms with Crippen LogP contribution in [-0.2, 0) is 10.0 Å². The van der Waals surface area contributed by atoms with Crippen LogP contribution in [0.15, 0.2) is 0 Å². The Balaban J connectivity index is 2.23. The Morgan fingerprint density at radius 2 is 1.94 bits per heavy atom. The number of thioether (sulfide) groups is 1. The summed E-state index contributed by atoms with van der Waals surface area (Å²) >= 11 is 2.02. The van der Waals surface area contributed by atoms with Gasteiger partial charge in [0.1, 0.15) is 0 Å². The van der Waals surface area contributed by atoms with E-state index in [4.69, 9.17) is 0 Å². The van der Waals surface area contributed by atoms with Crippen LogP contribution in [0.5, 0.6) is 0 Å². The van der Waals surface area contributed by atoms with Crippen LogP contribution in [0.25, 0.3) is 0 Å². The minimum atomic E-state index is -3.05. The van der Waals surface area contributed by atoms with Crippen molar-refractivity contribution in [2.24, 2.45) is 0 Å². The molecule has 17 heavy (non-hydrogen) atoms. The molecule has 102 valence electrons. The summed E-state index contributed by atoms with van der Waals surface area (Å²) in [7, 11) is -3.05. The Kier molecular flexibility index (Phi) is 6.84. The van der Waals surface area contributed by atoms with Crippen molar-refractivity contribution in [3.05, 3.63) is 0 Å². The number of hydrogen-bond acceptors (Lipinski definition) is 4. The Labute approximate surface area is 109 Å². The SMILES string of the molecule is CCS[C@@H]1CCCC[C@@H]1NCCNS(C)(=O)=O. The second kappa shape index (κ2) is 7.61. The molecule has 0 aromatic heterocycles. The largest absolute Gasteiger partial charge is 0.312 e. The smallest absolute Gasteiger partial charge is 0.208 e. The fraction of sp³-hybridized carbons (Fsp3) is 1.00. The maximum absolute atomic E-state index is 10.9. The standard InChI is InChI=1S/C11H24N2O2S2/c1-3-16-11-7-5-4-6-10(11)12-8-9-13-17(2,14)15/h10-13H,3-9H2,1-2H3/t10-,11+/m0/s1. The first-order valence-electron chi connectivity index (χ1n) is 6.32. The van der Waals surface area contributed by atoms with Crippen molar-refractivity contribution in [2.45, 2.75) is 43.9 Å². The monoisotopic (exact) mass is 280 g/mol. The predicted octanol–water partition coefficient (Wildman–Crippen LogP) is 1.19. The summed E-state index contributed by atoms with van der Waals surface area (Å²) in [5.74, 6) is 1.16. The average molecular weight is 280 g/mol. The molecule has 1 fully saturated rings. The first kappa shape index (κ1) is 15.3. The molecule has 0 aromatic carbocycles. The molecule has 1 rings (SSSR count). The van der Waals surface area contributed by atoms with E-state index >= 15 is 0 Å². The van der Waals surface area contributed by atoms with Gasteiger partial charge in [-0.1, -0.05) is 19.8 Å². The topological polar surface area (TPSA) is 58.2 Å². The summed E-state index contributed by atoms with van der Waals surface area (Å²) in [6.45, 7) is 3.40. The molecule has 0 aromatic rings. The highest BCUT2D eigenvalue weighted by Crippen LogP contribution is 2.28. The minimum Gasteiger partial charge on any atom is -0.312 e. The number of nitrogens with one attached hydrogen (secondary N) is 2. The van der Waals surface area contributed by atoms with Crippen LogP contribution in [0.3, 0.4) is 0 Å². The number of hydrogen-bond donors (Lipinski definition) is 2.